The molecule has 112 valence electrons. The number of aromatic nitrogens is 2. The predicted molar refractivity (Wildman–Crippen MR) is 75.6 cm³/mol. The van der Waals surface area contributed by atoms with E-state index in [0.717, 1.165) is 0 Å². The normalized spacial score (nSPS) is 12.5. The van der Waals surface area contributed by atoms with Gasteiger partial charge in [-0.2, -0.15) is 5.10 Å². The number of carbonyl (C=O) groups excluding carboxylic acids is 1. The van der Waals surface area contributed by atoms with Gasteiger partial charge in [-0.1, -0.05) is 13.8 Å². The van der Waals surface area contributed by atoms with Crippen LogP contribution in [0.25, 0.3) is 0 Å². The smallest absolute Gasteiger partial charge is 0.319 e. The summed E-state index contributed by atoms with van der Waals surface area (Å²) in [4.78, 5) is 22.7. The van der Waals surface area contributed by atoms with Crippen molar-refractivity contribution in [3.05, 3.63) is 12.4 Å². The van der Waals surface area contributed by atoms with Crippen LogP contribution in [-0.4, -0.2) is 33.4 Å². The summed E-state index contributed by atoms with van der Waals surface area (Å²) >= 11 is 0. The number of aliphatic carboxylic acids is 1. The molecule has 0 saturated carbocycles. The van der Waals surface area contributed by atoms with Gasteiger partial charge in [0.05, 0.1) is 17.8 Å². The van der Waals surface area contributed by atoms with E-state index >= 15 is 0 Å². The molecule has 0 aromatic carbocycles. The average Bonchev–Trinajstić information content (AvgIpc) is 2.76. The van der Waals surface area contributed by atoms with Gasteiger partial charge in [-0.3, -0.25) is 9.48 Å². The number of hydrogen-bond acceptors (Lipinski definition) is 3. The summed E-state index contributed by atoms with van der Waals surface area (Å²) in [5, 5.41) is 18.3. The molecule has 20 heavy (non-hydrogen) atoms. The van der Waals surface area contributed by atoms with Crippen molar-refractivity contribution < 1.29 is 14.7 Å². The van der Waals surface area contributed by atoms with Crippen molar-refractivity contribution in [2.45, 2.75) is 33.7 Å². The summed E-state index contributed by atoms with van der Waals surface area (Å²) in [6, 6.07) is -0.217. The molecule has 0 aliphatic rings. The Morgan fingerprint density at radius 3 is 2.45 bits per heavy atom. The lowest BCUT2D eigenvalue weighted by atomic mass is 9.96. The van der Waals surface area contributed by atoms with Gasteiger partial charge in [0.25, 0.3) is 0 Å². The Hall–Kier alpha value is -2.05. The number of rotatable bonds is 6. The largest absolute Gasteiger partial charge is 0.481 e. The van der Waals surface area contributed by atoms with Crippen molar-refractivity contribution >= 4 is 17.7 Å². The van der Waals surface area contributed by atoms with Crippen molar-refractivity contribution in [1.29, 1.82) is 0 Å². The van der Waals surface area contributed by atoms with Gasteiger partial charge >= 0.3 is 12.0 Å². The fourth-order valence-corrected chi connectivity index (χ4v) is 1.67. The number of anilines is 1. The van der Waals surface area contributed by atoms with Crippen molar-refractivity contribution in [3.8, 4) is 0 Å². The highest BCUT2D eigenvalue weighted by atomic mass is 16.4. The first-order valence-electron chi connectivity index (χ1n) is 6.63. The highest BCUT2D eigenvalue weighted by molar-refractivity contribution is 5.89. The Morgan fingerprint density at radius 2 is 2.00 bits per heavy atom. The molecule has 0 fully saturated rings. The molecule has 1 heterocycles. The minimum Gasteiger partial charge on any atom is -0.481 e. The monoisotopic (exact) mass is 282 g/mol. The van der Waals surface area contributed by atoms with Crippen LogP contribution in [0.3, 0.4) is 0 Å². The maximum absolute atomic E-state index is 11.7. The molecule has 3 N–H and O–H groups in total. The van der Waals surface area contributed by atoms with Gasteiger partial charge in [0, 0.05) is 18.8 Å². The summed E-state index contributed by atoms with van der Waals surface area (Å²) in [7, 11) is 0. The molecule has 7 heteroatoms. The van der Waals surface area contributed by atoms with Crippen LogP contribution in [0.4, 0.5) is 10.5 Å². The third-order valence-electron chi connectivity index (χ3n) is 2.99. The molecular weight excluding hydrogens is 260 g/mol. The number of amides is 2. The second kappa shape index (κ2) is 6.93. The third kappa shape index (κ3) is 4.56. The van der Waals surface area contributed by atoms with Gasteiger partial charge < -0.3 is 15.7 Å². The van der Waals surface area contributed by atoms with Crippen molar-refractivity contribution in [2.24, 2.45) is 11.8 Å². The Bertz CT molecular complexity index is 468. The van der Waals surface area contributed by atoms with Crippen LogP contribution in [0, 0.1) is 11.8 Å². The number of urea groups is 1. The van der Waals surface area contributed by atoms with Gasteiger partial charge in [0.2, 0.25) is 0 Å². The summed E-state index contributed by atoms with van der Waals surface area (Å²) < 4.78 is 1.73. The summed E-state index contributed by atoms with van der Waals surface area (Å²) in [6.45, 7) is 7.68. The number of carboxylic acid groups (broad SMARTS) is 1. The minimum absolute atomic E-state index is 0.0449. The van der Waals surface area contributed by atoms with Crippen LogP contribution < -0.4 is 10.6 Å². The second-order valence-corrected chi connectivity index (χ2v) is 5.33. The molecule has 2 amide bonds. The van der Waals surface area contributed by atoms with E-state index in [2.05, 4.69) is 15.7 Å². The standard InChI is InChI=1S/C13H22N4O3/c1-8(2)11(12(18)19)6-14-13(20)16-10-5-15-17(7-10)9(3)4/h5,7-9,11H,6H2,1-4H3,(H,18,19)(H2,14,16,20). The Balaban J connectivity index is 2.48. The summed E-state index contributed by atoms with van der Waals surface area (Å²) in [6.07, 6.45) is 3.28. The van der Waals surface area contributed by atoms with E-state index in [-0.39, 0.29) is 18.5 Å². The fraction of sp³-hybridized carbons (Fsp3) is 0.615. The molecule has 1 aromatic rings. The molecular formula is C13H22N4O3. The quantitative estimate of drug-likeness (QED) is 0.743. The van der Waals surface area contributed by atoms with E-state index in [9.17, 15) is 9.59 Å². The zero-order valence-corrected chi connectivity index (χ0v) is 12.3. The minimum atomic E-state index is -0.909. The van der Waals surface area contributed by atoms with Crippen LogP contribution in [0.5, 0.6) is 0 Å². The van der Waals surface area contributed by atoms with E-state index in [1.165, 1.54) is 0 Å². The molecule has 7 nitrogen and oxygen atoms in total. The lowest BCUT2D eigenvalue weighted by Crippen LogP contribution is -2.37. The lowest BCUT2D eigenvalue weighted by molar-refractivity contribution is -0.142. The van der Waals surface area contributed by atoms with E-state index in [0.29, 0.717) is 5.69 Å². The highest BCUT2D eigenvalue weighted by Crippen LogP contribution is 2.11. The van der Waals surface area contributed by atoms with Crippen LogP contribution in [0.2, 0.25) is 0 Å². The Kier molecular flexibility index (Phi) is 5.54. The maximum atomic E-state index is 11.7. The molecule has 0 saturated heterocycles. The van der Waals surface area contributed by atoms with E-state index < -0.39 is 17.9 Å². The molecule has 1 unspecified atom stereocenters. The van der Waals surface area contributed by atoms with Crippen LogP contribution in [0.15, 0.2) is 12.4 Å². The van der Waals surface area contributed by atoms with Crippen molar-refractivity contribution in [2.75, 3.05) is 11.9 Å². The van der Waals surface area contributed by atoms with Crippen molar-refractivity contribution in [1.82, 2.24) is 15.1 Å². The molecule has 0 spiro atoms. The van der Waals surface area contributed by atoms with Gasteiger partial charge in [-0.05, 0) is 19.8 Å². The van der Waals surface area contributed by atoms with Crippen LogP contribution in [-0.2, 0) is 4.79 Å². The highest BCUT2D eigenvalue weighted by Gasteiger charge is 2.21. The Labute approximate surface area is 118 Å². The third-order valence-corrected chi connectivity index (χ3v) is 2.99. The molecule has 1 aromatic heterocycles. The Morgan fingerprint density at radius 1 is 1.35 bits per heavy atom. The van der Waals surface area contributed by atoms with E-state index in [1.54, 1.807) is 17.1 Å². The zero-order chi connectivity index (χ0) is 15.3. The first kappa shape index (κ1) is 16.0. The van der Waals surface area contributed by atoms with Crippen LogP contribution in [0.1, 0.15) is 33.7 Å². The number of hydrogen-bond donors (Lipinski definition) is 3. The molecule has 0 aliphatic carbocycles. The molecule has 0 aliphatic heterocycles. The number of nitrogens with zero attached hydrogens (tertiary/aromatic N) is 2. The van der Waals surface area contributed by atoms with Gasteiger partial charge in [-0.25, -0.2) is 4.79 Å². The zero-order valence-electron chi connectivity index (χ0n) is 12.3. The number of carbonyl (C=O) groups is 2. The first-order chi connectivity index (χ1) is 9.31. The number of nitrogens with one attached hydrogen (secondary N) is 2. The van der Waals surface area contributed by atoms with E-state index in [4.69, 9.17) is 5.11 Å². The maximum Gasteiger partial charge on any atom is 0.319 e. The molecule has 1 rings (SSSR count). The fourth-order valence-electron chi connectivity index (χ4n) is 1.67. The first-order valence-corrected chi connectivity index (χ1v) is 6.63. The predicted octanol–water partition coefficient (Wildman–Crippen LogP) is 1.94. The molecule has 0 radical (unpaired) electrons. The summed E-state index contributed by atoms with van der Waals surface area (Å²) in [5.41, 5.74) is 0.577. The summed E-state index contributed by atoms with van der Waals surface area (Å²) in [5.74, 6) is -1.55. The topological polar surface area (TPSA) is 96.3 Å². The van der Waals surface area contributed by atoms with Gasteiger partial charge in [-0.15, -0.1) is 0 Å². The average molecular weight is 282 g/mol. The molecule has 0 bridgehead atoms. The number of carboxylic acids is 1. The second-order valence-electron chi connectivity index (χ2n) is 5.33. The van der Waals surface area contributed by atoms with Gasteiger partial charge in [0.15, 0.2) is 0 Å². The lowest BCUT2D eigenvalue weighted by Gasteiger charge is -2.16. The van der Waals surface area contributed by atoms with E-state index in [1.807, 2.05) is 27.7 Å². The SMILES string of the molecule is CC(C)C(CNC(=O)Nc1cnn(C(C)C)c1)C(=O)O. The van der Waals surface area contributed by atoms with Gasteiger partial charge in [0.1, 0.15) is 0 Å². The van der Waals surface area contributed by atoms with Crippen molar-refractivity contribution in [3.63, 3.8) is 0 Å². The molecule has 1 atom stereocenters. The van der Waals surface area contributed by atoms with Crippen LogP contribution >= 0.6 is 0 Å².